The second kappa shape index (κ2) is 3.88. The van der Waals surface area contributed by atoms with E-state index in [4.69, 9.17) is 0 Å². The van der Waals surface area contributed by atoms with Crippen molar-refractivity contribution >= 4 is 39.6 Å². The van der Waals surface area contributed by atoms with Gasteiger partial charge < -0.3 is 10.0 Å². The summed E-state index contributed by atoms with van der Waals surface area (Å²) >= 11 is 4.94. The molecule has 3 atom stereocenters. The minimum absolute atomic E-state index is 0.00734. The van der Waals surface area contributed by atoms with E-state index >= 15 is 0 Å². The smallest absolute Gasteiger partial charge is 0.331 e. The number of thioether (sulfide) groups is 1. The van der Waals surface area contributed by atoms with Gasteiger partial charge in [0.1, 0.15) is 0 Å². The van der Waals surface area contributed by atoms with Crippen molar-refractivity contribution in [3.63, 3.8) is 0 Å². The van der Waals surface area contributed by atoms with Gasteiger partial charge in [-0.05, 0) is 20.3 Å². The van der Waals surface area contributed by atoms with E-state index in [9.17, 15) is 14.7 Å². The SMILES string of the molecule is CC[C@@]1(C(=O)O)N2C(=O)[C@@H](CBr)[C@H]2SC1(C)C. The largest absolute Gasteiger partial charge is 0.479 e. The van der Waals surface area contributed by atoms with Gasteiger partial charge in [-0.25, -0.2) is 4.79 Å². The van der Waals surface area contributed by atoms with Gasteiger partial charge in [-0.3, -0.25) is 4.79 Å². The fourth-order valence-corrected chi connectivity index (χ4v) is 5.78. The van der Waals surface area contributed by atoms with Crippen molar-refractivity contribution in [1.29, 1.82) is 0 Å². The molecule has 2 heterocycles. The number of amides is 1. The molecule has 4 nitrogen and oxygen atoms in total. The Kier molecular flexibility index (Phi) is 3.02. The molecule has 2 saturated heterocycles. The number of β-lactam (4-membered cyclic amide) rings is 1. The number of hydrogen-bond acceptors (Lipinski definition) is 3. The number of carboxylic acid groups (broad SMARTS) is 1. The van der Waals surface area contributed by atoms with E-state index < -0.39 is 16.3 Å². The van der Waals surface area contributed by atoms with Crippen LogP contribution >= 0.6 is 27.7 Å². The Hall–Kier alpha value is -0.230. The highest BCUT2D eigenvalue weighted by atomic mass is 79.9. The number of alkyl halides is 1. The zero-order valence-corrected chi connectivity index (χ0v) is 12.5. The molecule has 6 heteroatoms. The lowest BCUT2D eigenvalue weighted by atomic mass is 9.78. The predicted octanol–water partition coefficient (Wildman–Crippen LogP) is 1.92. The van der Waals surface area contributed by atoms with Crippen LogP contribution in [0.1, 0.15) is 27.2 Å². The van der Waals surface area contributed by atoms with Crippen molar-refractivity contribution < 1.29 is 14.7 Å². The highest BCUT2D eigenvalue weighted by Gasteiger charge is 2.71. The van der Waals surface area contributed by atoms with Crippen LogP contribution in [0.15, 0.2) is 0 Å². The van der Waals surface area contributed by atoms with E-state index in [2.05, 4.69) is 15.9 Å². The fraction of sp³-hybridized carbons (Fsp3) is 0.818. The first kappa shape index (κ1) is 13.2. The lowest BCUT2D eigenvalue weighted by Gasteiger charge is -2.49. The van der Waals surface area contributed by atoms with Crippen LogP contribution in [0.25, 0.3) is 0 Å². The number of nitrogens with zero attached hydrogens (tertiary/aromatic N) is 1. The molecular weight excluding hydrogens is 306 g/mol. The molecule has 0 unspecified atom stereocenters. The van der Waals surface area contributed by atoms with Gasteiger partial charge in [0.15, 0.2) is 5.54 Å². The molecule has 2 aliphatic heterocycles. The second-order valence-electron chi connectivity index (χ2n) is 5.01. The fourth-order valence-electron chi connectivity index (χ4n) is 3.00. The van der Waals surface area contributed by atoms with Gasteiger partial charge in [-0.15, -0.1) is 11.8 Å². The van der Waals surface area contributed by atoms with Crippen LogP contribution in [0.5, 0.6) is 0 Å². The molecule has 0 radical (unpaired) electrons. The van der Waals surface area contributed by atoms with Gasteiger partial charge >= 0.3 is 5.97 Å². The Morgan fingerprint density at radius 3 is 2.59 bits per heavy atom. The number of carbonyl (C=O) groups excluding carboxylic acids is 1. The van der Waals surface area contributed by atoms with E-state index in [0.29, 0.717) is 11.8 Å². The molecule has 96 valence electrons. The van der Waals surface area contributed by atoms with Crippen molar-refractivity contribution in [1.82, 2.24) is 4.90 Å². The van der Waals surface area contributed by atoms with E-state index in [1.807, 2.05) is 20.8 Å². The van der Waals surface area contributed by atoms with Gasteiger partial charge in [0.05, 0.1) is 11.3 Å². The zero-order chi connectivity index (χ0) is 13.0. The first-order chi connectivity index (χ1) is 7.83. The van der Waals surface area contributed by atoms with Crippen LogP contribution in [-0.2, 0) is 9.59 Å². The molecular formula is C11H16BrNO3S. The third-order valence-corrected chi connectivity index (χ3v) is 6.41. The Bertz CT molecular complexity index is 387. The minimum Gasteiger partial charge on any atom is -0.479 e. The van der Waals surface area contributed by atoms with E-state index in [0.717, 1.165) is 0 Å². The number of hydrogen-bond donors (Lipinski definition) is 1. The summed E-state index contributed by atoms with van der Waals surface area (Å²) in [5, 5.41) is 10.2. The maximum atomic E-state index is 12.1. The van der Waals surface area contributed by atoms with Crippen LogP contribution in [-0.4, -0.2) is 42.9 Å². The highest BCUT2D eigenvalue weighted by Crippen LogP contribution is 2.59. The number of carbonyl (C=O) groups is 2. The summed E-state index contributed by atoms with van der Waals surface area (Å²) in [5.41, 5.74) is -1.06. The molecule has 0 saturated carbocycles. The highest BCUT2D eigenvalue weighted by molar-refractivity contribution is 9.09. The quantitative estimate of drug-likeness (QED) is 0.637. The average molecular weight is 322 g/mol. The number of aliphatic carboxylic acids is 1. The molecule has 0 aromatic heterocycles. The van der Waals surface area contributed by atoms with Crippen molar-refractivity contribution in [2.24, 2.45) is 5.92 Å². The average Bonchev–Trinajstić information content (AvgIpc) is 2.44. The molecule has 0 spiro atoms. The Morgan fingerprint density at radius 2 is 2.18 bits per heavy atom. The summed E-state index contributed by atoms with van der Waals surface area (Å²) in [4.78, 5) is 25.3. The van der Waals surface area contributed by atoms with Gasteiger partial charge in [0, 0.05) is 10.1 Å². The maximum absolute atomic E-state index is 12.1. The minimum atomic E-state index is -1.06. The topological polar surface area (TPSA) is 57.6 Å². The van der Waals surface area contributed by atoms with Crippen LogP contribution in [0.2, 0.25) is 0 Å². The number of carboxylic acids is 1. The summed E-state index contributed by atoms with van der Waals surface area (Å²) in [6.45, 7) is 5.69. The first-order valence-electron chi connectivity index (χ1n) is 5.64. The normalized spacial score (nSPS) is 38.8. The predicted molar refractivity (Wildman–Crippen MR) is 70.2 cm³/mol. The molecule has 0 bridgehead atoms. The van der Waals surface area contributed by atoms with E-state index in [-0.39, 0.29) is 17.2 Å². The van der Waals surface area contributed by atoms with Crippen LogP contribution < -0.4 is 0 Å². The summed E-state index contributed by atoms with van der Waals surface area (Å²) < 4.78 is -0.454. The molecule has 2 fully saturated rings. The molecule has 1 N–H and O–H groups in total. The zero-order valence-electron chi connectivity index (χ0n) is 10.1. The summed E-state index contributed by atoms with van der Waals surface area (Å²) in [5.74, 6) is -0.998. The Balaban J connectivity index is 2.46. The van der Waals surface area contributed by atoms with Gasteiger partial charge in [0.2, 0.25) is 5.91 Å². The number of rotatable bonds is 3. The van der Waals surface area contributed by atoms with Crippen LogP contribution in [0, 0.1) is 5.92 Å². The van der Waals surface area contributed by atoms with Crippen molar-refractivity contribution in [3.8, 4) is 0 Å². The lowest BCUT2D eigenvalue weighted by molar-refractivity contribution is -0.173. The second-order valence-corrected chi connectivity index (χ2v) is 7.39. The monoisotopic (exact) mass is 321 g/mol. The van der Waals surface area contributed by atoms with Gasteiger partial charge in [0.25, 0.3) is 0 Å². The van der Waals surface area contributed by atoms with Gasteiger partial charge in [-0.1, -0.05) is 22.9 Å². The van der Waals surface area contributed by atoms with E-state index in [1.54, 1.807) is 16.7 Å². The van der Waals surface area contributed by atoms with Crippen molar-refractivity contribution in [2.45, 2.75) is 42.9 Å². The van der Waals surface area contributed by atoms with Crippen molar-refractivity contribution in [2.75, 3.05) is 5.33 Å². The Labute approximate surface area is 113 Å². The number of halogens is 1. The number of fused-ring (bicyclic) bond motifs is 1. The molecule has 0 aliphatic carbocycles. The maximum Gasteiger partial charge on any atom is 0.331 e. The standard InChI is InChI=1S/C11H16BrNO3S/c1-4-11(9(15)16)10(2,3)17-8-6(5-12)7(14)13(8)11/h6,8H,4-5H2,1-3H3,(H,15,16)/t6-,8-,11+/m1/s1. The molecule has 0 aromatic rings. The van der Waals surface area contributed by atoms with Crippen molar-refractivity contribution in [3.05, 3.63) is 0 Å². The van der Waals surface area contributed by atoms with E-state index in [1.165, 1.54) is 0 Å². The Morgan fingerprint density at radius 1 is 1.59 bits per heavy atom. The lowest BCUT2D eigenvalue weighted by Crippen LogP contribution is -2.70. The third kappa shape index (κ3) is 1.37. The molecule has 2 aliphatic rings. The third-order valence-electron chi connectivity index (χ3n) is 4.01. The summed E-state index contributed by atoms with van der Waals surface area (Å²) in [6.07, 6.45) is 0.444. The van der Waals surface area contributed by atoms with Crippen LogP contribution in [0.4, 0.5) is 0 Å². The molecule has 0 aromatic carbocycles. The summed E-state index contributed by atoms with van der Waals surface area (Å²) in [7, 11) is 0. The van der Waals surface area contributed by atoms with Gasteiger partial charge in [-0.2, -0.15) is 0 Å². The van der Waals surface area contributed by atoms with Crippen LogP contribution in [0.3, 0.4) is 0 Å². The summed E-state index contributed by atoms with van der Waals surface area (Å²) in [6, 6.07) is 0. The molecule has 17 heavy (non-hydrogen) atoms. The first-order valence-corrected chi connectivity index (χ1v) is 7.64. The molecule has 2 rings (SSSR count). The molecule has 1 amide bonds.